The average molecular weight is 222 g/mol. The standard InChI is InChI=1S/C9H18O6/c1-2-3-14-9-8(13)7(12)6(11)5(4-10)15-9/h5-13H,2-4H2,1H3/t5-,6+,7+,8-,9-/m1/s1. The van der Waals surface area contributed by atoms with Crippen molar-refractivity contribution >= 4 is 0 Å². The number of aliphatic hydroxyl groups is 4. The normalized spacial score (nSPS) is 41.8. The second-order valence-corrected chi connectivity index (χ2v) is 3.57. The first-order chi connectivity index (χ1) is 7.11. The maximum absolute atomic E-state index is 9.51. The summed E-state index contributed by atoms with van der Waals surface area (Å²) in [6.45, 7) is 1.84. The van der Waals surface area contributed by atoms with E-state index in [-0.39, 0.29) is 0 Å². The molecule has 0 spiro atoms. The Kier molecular flexibility index (Phi) is 4.91. The zero-order valence-electron chi connectivity index (χ0n) is 8.61. The monoisotopic (exact) mass is 222 g/mol. The molecule has 0 amide bonds. The predicted octanol–water partition coefficient (Wildman–Crippen LogP) is -1.79. The molecule has 0 unspecified atom stereocenters. The van der Waals surface area contributed by atoms with Crippen molar-refractivity contribution < 1.29 is 29.9 Å². The third kappa shape index (κ3) is 2.87. The summed E-state index contributed by atoms with van der Waals surface area (Å²) >= 11 is 0. The highest BCUT2D eigenvalue weighted by atomic mass is 16.7. The van der Waals surface area contributed by atoms with Crippen molar-refractivity contribution in [2.45, 2.75) is 44.1 Å². The first-order valence-corrected chi connectivity index (χ1v) is 5.04. The van der Waals surface area contributed by atoms with E-state index >= 15 is 0 Å². The van der Waals surface area contributed by atoms with Gasteiger partial charge >= 0.3 is 0 Å². The Morgan fingerprint density at radius 1 is 1.13 bits per heavy atom. The van der Waals surface area contributed by atoms with Gasteiger partial charge in [0.1, 0.15) is 24.4 Å². The molecule has 0 aromatic carbocycles. The van der Waals surface area contributed by atoms with E-state index in [0.717, 1.165) is 6.42 Å². The van der Waals surface area contributed by atoms with E-state index in [4.69, 9.17) is 14.6 Å². The topological polar surface area (TPSA) is 99.4 Å². The Morgan fingerprint density at radius 3 is 2.33 bits per heavy atom. The Morgan fingerprint density at radius 2 is 1.80 bits per heavy atom. The van der Waals surface area contributed by atoms with Gasteiger partial charge in [-0.05, 0) is 6.42 Å². The van der Waals surface area contributed by atoms with Crippen molar-refractivity contribution in [3.63, 3.8) is 0 Å². The first-order valence-electron chi connectivity index (χ1n) is 5.04. The zero-order valence-corrected chi connectivity index (χ0v) is 8.61. The number of aliphatic hydroxyl groups excluding tert-OH is 4. The van der Waals surface area contributed by atoms with E-state index < -0.39 is 37.3 Å². The molecule has 4 N–H and O–H groups in total. The van der Waals surface area contributed by atoms with Crippen LogP contribution in [0.2, 0.25) is 0 Å². The van der Waals surface area contributed by atoms with Gasteiger partial charge in [0.15, 0.2) is 6.29 Å². The maximum atomic E-state index is 9.51. The zero-order chi connectivity index (χ0) is 11.4. The third-order valence-electron chi connectivity index (χ3n) is 2.33. The Bertz CT molecular complexity index is 185. The quantitative estimate of drug-likeness (QED) is 0.448. The smallest absolute Gasteiger partial charge is 0.186 e. The van der Waals surface area contributed by atoms with Gasteiger partial charge in [0.25, 0.3) is 0 Å². The molecule has 1 heterocycles. The molecule has 6 heteroatoms. The van der Waals surface area contributed by atoms with E-state index in [1.165, 1.54) is 0 Å². The molecule has 0 saturated carbocycles. The molecular formula is C9H18O6. The Balaban J connectivity index is 2.57. The van der Waals surface area contributed by atoms with Gasteiger partial charge in [-0.1, -0.05) is 6.92 Å². The van der Waals surface area contributed by atoms with Gasteiger partial charge in [-0.3, -0.25) is 0 Å². The highest BCUT2D eigenvalue weighted by Gasteiger charge is 2.43. The SMILES string of the molecule is CCCO[C@@H]1O[C@H](CO)[C@H](O)[C@H](O)[C@H]1O. The lowest BCUT2D eigenvalue weighted by atomic mass is 9.99. The van der Waals surface area contributed by atoms with Crippen LogP contribution in [-0.2, 0) is 9.47 Å². The summed E-state index contributed by atoms with van der Waals surface area (Å²) < 4.78 is 10.2. The number of hydrogen-bond donors (Lipinski definition) is 4. The van der Waals surface area contributed by atoms with Gasteiger partial charge < -0.3 is 29.9 Å². The first kappa shape index (κ1) is 12.8. The minimum atomic E-state index is -1.36. The molecule has 1 saturated heterocycles. The van der Waals surface area contributed by atoms with Crippen molar-refractivity contribution in [3.8, 4) is 0 Å². The Hall–Kier alpha value is -0.240. The van der Waals surface area contributed by atoms with Crippen LogP contribution in [-0.4, -0.2) is 64.3 Å². The lowest BCUT2D eigenvalue weighted by Gasteiger charge is -2.39. The van der Waals surface area contributed by atoms with Crippen LogP contribution >= 0.6 is 0 Å². The van der Waals surface area contributed by atoms with Crippen LogP contribution in [0.4, 0.5) is 0 Å². The van der Waals surface area contributed by atoms with Crippen LogP contribution < -0.4 is 0 Å². The highest BCUT2D eigenvalue weighted by molar-refractivity contribution is 4.88. The summed E-state index contributed by atoms with van der Waals surface area (Å²) in [5, 5.41) is 37.2. The van der Waals surface area contributed by atoms with Gasteiger partial charge in [0.05, 0.1) is 6.61 Å². The van der Waals surface area contributed by atoms with Crippen LogP contribution in [0, 0.1) is 0 Å². The molecule has 0 aromatic rings. The van der Waals surface area contributed by atoms with Gasteiger partial charge in [-0.25, -0.2) is 0 Å². The molecule has 15 heavy (non-hydrogen) atoms. The van der Waals surface area contributed by atoms with E-state index in [1.807, 2.05) is 6.92 Å². The third-order valence-corrected chi connectivity index (χ3v) is 2.33. The van der Waals surface area contributed by atoms with Crippen molar-refractivity contribution in [2.24, 2.45) is 0 Å². The lowest BCUT2D eigenvalue weighted by Crippen LogP contribution is -2.59. The fourth-order valence-electron chi connectivity index (χ4n) is 1.44. The predicted molar refractivity (Wildman–Crippen MR) is 50.0 cm³/mol. The molecule has 1 aliphatic rings. The largest absolute Gasteiger partial charge is 0.394 e. The number of hydrogen-bond acceptors (Lipinski definition) is 6. The molecule has 1 rings (SSSR count). The van der Waals surface area contributed by atoms with Gasteiger partial charge in [-0.2, -0.15) is 0 Å². The van der Waals surface area contributed by atoms with Crippen LogP contribution in [0.5, 0.6) is 0 Å². The van der Waals surface area contributed by atoms with Gasteiger partial charge in [0, 0.05) is 6.61 Å². The molecule has 0 aliphatic carbocycles. The van der Waals surface area contributed by atoms with E-state index in [1.54, 1.807) is 0 Å². The van der Waals surface area contributed by atoms with E-state index in [9.17, 15) is 15.3 Å². The van der Waals surface area contributed by atoms with Crippen molar-refractivity contribution in [2.75, 3.05) is 13.2 Å². The minimum Gasteiger partial charge on any atom is -0.394 e. The van der Waals surface area contributed by atoms with Crippen LogP contribution in [0.3, 0.4) is 0 Å². The van der Waals surface area contributed by atoms with Crippen LogP contribution in [0.1, 0.15) is 13.3 Å². The summed E-state index contributed by atoms with van der Waals surface area (Å²) in [6, 6.07) is 0. The van der Waals surface area contributed by atoms with E-state index in [2.05, 4.69) is 0 Å². The van der Waals surface area contributed by atoms with Crippen LogP contribution in [0.15, 0.2) is 0 Å². The highest BCUT2D eigenvalue weighted by Crippen LogP contribution is 2.21. The second kappa shape index (κ2) is 5.74. The molecule has 5 atom stereocenters. The maximum Gasteiger partial charge on any atom is 0.186 e. The molecule has 0 radical (unpaired) electrons. The minimum absolute atomic E-state index is 0.378. The number of ether oxygens (including phenoxy) is 2. The molecule has 1 fully saturated rings. The molecule has 90 valence electrons. The summed E-state index contributed by atoms with van der Waals surface area (Å²) in [6.07, 6.45) is -5.14. The van der Waals surface area contributed by atoms with Gasteiger partial charge in [0.2, 0.25) is 0 Å². The summed E-state index contributed by atoms with van der Waals surface area (Å²) in [5.74, 6) is 0. The molecule has 1 aliphatic heterocycles. The summed E-state index contributed by atoms with van der Waals surface area (Å²) in [5.41, 5.74) is 0. The fourth-order valence-corrected chi connectivity index (χ4v) is 1.44. The fraction of sp³-hybridized carbons (Fsp3) is 1.00. The number of rotatable bonds is 4. The van der Waals surface area contributed by atoms with Crippen molar-refractivity contribution in [1.29, 1.82) is 0 Å². The molecule has 0 bridgehead atoms. The molecular weight excluding hydrogens is 204 g/mol. The van der Waals surface area contributed by atoms with Crippen molar-refractivity contribution in [3.05, 3.63) is 0 Å². The molecule has 6 nitrogen and oxygen atoms in total. The summed E-state index contributed by atoms with van der Waals surface area (Å²) in [4.78, 5) is 0. The lowest BCUT2D eigenvalue weighted by molar-refractivity contribution is -0.300. The van der Waals surface area contributed by atoms with Gasteiger partial charge in [-0.15, -0.1) is 0 Å². The molecule has 0 aromatic heterocycles. The Labute approximate surface area is 88.1 Å². The summed E-state index contributed by atoms with van der Waals surface area (Å²) in [7, 11) is 0. The van der Waals surface area contributed by atoms with Crippen LogP contribution in [0.25, 0.3) is 0 Å². The van der Waals surface area contributed by atoms with E-state index in [0.29, 0.717) is 6.61 Å². The van der Waals surface area contributed by atoms with Crippen molar-refractivity contribution in [1.82, 2.24) is 0 Å². The second-order valence-electron chi connectivity index (χ2n) is 3.57. The average Bonchev–Trinajstić information content (AvgIpc) is 2.25.